The summed E-state index contributed by atoms with van der Waals surface area (Å²) in [4.78, 5) is 13.7. The first kappa shape index (κ1) is 22.0. The molecule has 0 radical (unpaired) electrons. The number of hydrogen-bond acceptors (Lipinski definition) is 6. The van der Waals surface area contributed by atoms with Crippen molar-refractivity contribution in [3.05, 3.63) is 41.5 Å². The highest BCUT2D eigenvalue weighted by atomic mass is 32.2. The number of aliphatic hydroxyl groups excluding tert-OH is 1. The van der Waals surface area contributed by atoms with E-state index in [0.717, 1.165) is 17.3 Å². The molecule has 1 saturated heterocycles. The van der Waals surface area contributed by atoms with Crippen LogP contribution in [0.15, 0.2) is 35.9 Å². The normalized spacial score (nSPS) is 17.5. The van der Waals surface area contributed by atoms with Gasteiger partial charge in [-0.15, -0.1) is 11.8 Å². The first-order valence-corrected chi connectivity index (χ1v) is 9.26. The van der Waals surface area contributed by atoms with E-state index in [2.05, 4.69) is 0 Å². The molecule has 28 heavy (non-hydrogen) atoms. The topological polar surface area (TPSA) is 97.5 Å². The molecular formula is C18H20F3N3O3S. The van der Waals surface area contributed by atoms with E-state index in [0.29, 0.717) is 31.0 Å². The number of carbonyl (C=O) groups excluding carboxylic acids is 1. The molecule has 1 aliphatic rings. The molecule has 0 saturated carbocycles. The van der Waals surface area contributed by atoms with E-state index in [1.807, 2.05) is 0 Å². The average molecular weight is 415 g/mol. The van der Waals surface area contributed by atoms with Crippen LogP contribution in [0.25, 0.3) is 0 Å². The van der Waals surface area contributed by atoms with Gasteiger partial charge in [-0.1, -0.05) is 12.1 Å². The summed E-state index contributed by atoms with van der Waals surface area (Å²) in [6.45, 7) is 0.321. The minimum atomic E-state index is -4.70. The van der Waals surface area contributed by atoms with E-state index in [4.69, 9.17) is 20.7 Å². The number of carbonyl (C=O) groups is 1. The van der Waals surface area contributed by atoms with E-state index >= 15 is 0 Å². The van der Waals surface area contributed by atoms with Crippen LogP contribution in [0.5, 0.6) is 5.75 Å². The van der Waals surface area contributed by atoms with Crippen LogP contribution in [-0.4, -0.2) is 58.3 Å². The van der Waals surface area contributed by atoms with E-state index in [1.165, 1.54) is 4.90 Å². The number of aliphatic hydroxyl groups is 1. The molecule has 1 unspecified atom stereocenters. The van der Waals surface area contributed by atoms with Gasteiger partial charge in [0.1, 0.15) is 5.75 Å². The van der Waals surface area contributed by atoms with Crippen molar-refractivity contribution in [1.82, 2.24) is 4.90 Å². The summed E-state index contributed by atoms with van der Waals surface area (Å²) in [5.74, 6) is 0.191. The minimum Gasteiger partial charge on any atom is -0.484 e. The van der Waals surface area contributed by atoms with Crippen LogP contribution < -0.4 is 4.74 Å². The van der Waals surface area contributed by atoms with Crippen molar-refractivity contribution in [2.24, 2.45) is 0 Å². The molecular weight excluding hydrogens is 395 g/mol. The fourth-order valence-corrected chi connectivity index (χ4v) is 3.71. The second-order valence-electron chi connectivity index (χ2n) is 6.03. The van der Waals surface area contributed by atoms with Gasteiger partial charge in [-0.3, -0.25) is 10.2 Å². The van der Waals surface area contributed by atoms with Crippen LogP contribution in [-0.2, 0) is 11.4 Å². The molecule has 0 spiro atoms. The zero-order valence-corrected chi connectivity index (χ0v) is 15.6. The Labute approximate surface area is 164 Å². The van der Waals surface area contributed by atoms with Crippen LogP contribution in [0, 0.1) is 10.8 Å². The van der Waals surface area contributed by atoms with Gasteiger partial charge >= 0.3 is 6.18 Å². The number of hydrogen-bond donors (Lipinski definition) is 3. The molecule has 1 aromatic rings. The number of nitrogens with one attached hydrogen (secondary N) is 2. The molecule has 0 bridgehead atoms. The van der Waals surface area contributed by atoms with Gasteiger partial charge in [0.25, 0.3) is 5.91 Å². The van der Waals surface area contributed by atoms with Crippen molar-refractivity contribution < 1.29 is 27.8 Å². The second kappa shape index (κ2) is 9.74. The Morgan fingerprint density at radius 3 is 2.61 bits per heavy atom. The fourth-order valence-electron chi connectivity index (χ4n) is 2.59. The smallest absolute Gasteiger partial charge is 0.419 e. The summed E-state index contributed by atoms with van der Waals surface area (Å²) in [7, 11) is 0. The highest BCUT2D eigenvalue weighted by Crippen LogP contribution is 2.33. The summed E-state index contributed by atoms with van der Waals surface area (Å²) in [5.41, 5.74) is -0.442. The third kappa shape index (κ3) is 6.10. The first-order valence-electron chi connectivity index (χ1n) is 8.38. The standard InChI is InChI=1S/C18H20F3N3O3S/c19-18(20,21)15(5-7-22)17(23)28-14-6-8-24(9-14)16(26)11-27-13-3-1-12(10-25)2-4-13/h1-5,7,14,22-23,25H,6,8-11H2/b15-5+,22-7?,23-17?. The number of likely N-dealkylation sites (tertiary alicyclic amines) is 1. The zero-order valence-electron chi connectivity index (χ0n) is 14.8. The molecule has 0 aromatic heterocycles. The Morgan fingerprint density at radius 1 is 1.36 bits per heavy atom. The Kier molecular flexibility index (Phi) is 7.64. The van der Waals surface area contributed by atoms with Crippen LogP contribution in [0.2, 0.25) is 0 Å². The van der Waals surface area contributed by atoms with Crippen LogP contribution in [0.1, 0.15) is 12.0 Å². The average Bonchev–Trinajstić information content (AvgIpc) is 3.12. The Bertz CT molecular complexity index is 751. The summed E-state index contributed by atoms with van der Waals surface area (Å²) in [6.07, 6.45) is -3.16. The number of amides is 1. The molecule has 1 fully saturated rings. The SMILES string of the molecule is N=C/C=C(\C(=N)SC1CCN(C(=O)COc2ccc(CO)cc2)C1)C(F)(F)F. The molecule has 1 aliphatic heterocycles. The largest absolute Gasteiger partial charge is 0.484 e. The lowest BCUT2D eigenvalue weighted by Gasteiger charge is -2.18. The molecule has 1 aromatic carbocycles. The Hall–Kier alpha value is -2.33. The maximum atomic E-state index is 12.9. The molecule has 1 heterocycles. The van der Waals surface area contributed by atoms with E-state index < -0.39 is 16.8 Å². The molecule has 152 valence electrons. The molecule has 1 atom stereocenters. The van der Waals surface area contributed by atoms with E-state index in [1.54, 1.807) is 24.3 Å². The van der Waals surface area contributed by atoms with E-state index in [-0.39, 0.29) is 30.9 Å². The van der Waals surface area contributed by atoms with Crippen LogP contribution in [0.3, 0.4) is 0 Å². The van der Waals surface area contributed by atoms with Crippen molar-refractivity contribution in [3.63, 3.8) is 0 Å². The van der Waals surface area contributed by atoms with Crippen molar-refractivity contribution in [3.8, 4) is 5.75 Å². The summed E-state index contributed by atoms with van der Waals surface area (Å²) in [6, 6.07) is 6.62. The Morgan fingerprint density at radius 2 is 2.04 bits per heavy atom. The summed E-state index contributed by atoms with van der Waals surface area (Å²) >= 11 is 0.755. The fraction of sp³-hybridized carbons (Fsp3) is 0.389. The van der Waals surface area contributed by atoms with Crippen molar-refractivity contribution in [2.45, 2.75) is 24.5 Å². The van der Waals surface area contributed by atoms with Gasteiger partial charge in [-0.2, -0.15) is 13.2 Å². The van der Waals surface area contributed by atoms with Gasteiger partial charge < -0.3 is 20.2 Å². The van der Waals surface area contributed by atoms with Crippen molar-refractivity contribution in [2.75, 3.05) is 19.7 Å². The molecule has 6 nitrogen and oxygen atoms in total. The van der Waals surface area contributed by atoms with Crippen LogP contribution >= 0.6 is 11.8 Å². The maximum absolute atomic E-state index is 12.9. The van der Waals surface area contributed by atoms with E-state index in [9.17, 15) is 18.0 Å². The number of alkyl halides is 3. The number of rotatable bonds is 7. The molecule has 2 rings (SSSR count). The lowest BCUT2D eigenvalue weighted by atomic mass is 10.2. The Balaban J connectivity index is 1.85. The first-order chi connectivity index (χ1) is 13.2. The molecule has 1 amide bonds. The second-order valence-corrected chi connectivity index (χ2v) is 7.34. The van der Waals surface area contributed by atoms with Gasteiger partial charge in [-0.25, -0.2) is 0 Å². The number of thioether (sulfide) groups is 1. The quantitative estimate of drug-likeness (QED) is 0.471. The molecule has 0 aliphatic carbocycles. The summed E-state index contributed by atoms with van der Waals surface area (Å²) < 4.78 is 44.2. The van der Waals surface area contributed by atoms with Crippen LogP contribution in [0.4, 0.5) is 13.2 Å². The highest BCUT2D eigenvalue weighted by molar-refractivity contribution is 8.14. The number of halogens is 3. The predicted molar refractivity (Wildman–Crippen MR) is 101 cm³/mol. The van der Waals surface area contributed by atoms with Gasteiger partial charge in [0.15, 0.2) is 6.61 Å². The minimum absolute atomic E-state index is 0.0912. The predicted octanol–water partition coefficient (Wildman–Crippen LogP) is 3.01. The molecule has 10 heteroatoms. The molecule has 3 N–H and O–H groups in total. The summed E-state index contributed by atoms with van der Waals surface area (Å²) in [5, 5.41) is 22.5. The highest BCUT2D eigenvalue weighted by Gasteiger charge is 2.38. The number of ether oxygens (including phenoxy) is 1. The number of nitrogens with zero attached hydrogens (tertiary/aromatic N) is 1. The third-order valence-electron chi connectivity index (χ3n) is 4.05. The lowest BCUT2D eigenvalue weighted by Crippen LogP contribution is -2.33. The number of allylic oxidation sites excluding steroid dienone is 1. The lowest BCUT2D eigenvalue weighted by molar-refractivity contribution is -0.132. The van der Waals surface area contributed by atoms with Gasteiger partial charge in [0.2, 0.25) is 0 Å². The zero-order chi connectivity index (χ0) is 20.7. The maximum Gasteiger partial charge on any atom is 0.419 e. The third-order valence-corrected chi connectivity index (χ3v) is 5.22. The van der Waals surface area contributed by atoms with Crippen molar-refractivity contribution in [1.29, 1.82) is 10.8 Å². The van der Waals surface area contributed by atoms with Gasteiger partial charge in [-0.05, 0) is 30.2 Å². The number of benzene rings is 1. The van der Waals surface area contributed by atoms with Gasteiger partial charge in [0, 0.05) is 24.6 Å². The van der Waals surface area contributed by atoms with Crippen molar-refractivity contribution >= 4 is 28.9 Å². The van der Waals surface area contributed by atoms with Gasteiger partial charge in [0.05, 0.1) is 17.2 Å². The monoisotopic (exact) mass is 415 g/mol.